The van der Waals surface area contributed by atoms with Crippen LogP contribution in [-0.2, 0) is 4.74 Å². The lowest BCUT2D eigenvalue weighted by atomic mass is 10.1. The van der Waals surface area contributed by atoms with Gasteiger partial charge in [-0.3, -0.25) is 0 Å². The third-order valence-electron chi connectivity index (χ3n) is 2.34. The average molecular weight is 248 g/mol. The van der Waals surface area contributed by atoms with Crippen LogP contribution in [0.1, 0.15) is 10.5 Å². The van der Waals surface area contributed by atoms with E-state index in [-0.39, 0.29) is 5.69 Å². The van der Waals surface area contributed by atoms with Gasteiger partial charge in [0, 0.05) is 16.8 Å². The molecule has 0 saturated carbocycles. The molecular weight excluding hydrogens is 238 g/mol. The van der Waals surface area contributed by atoms with Crippen molar-refractivity contribution in [1.29, 1.82) is 0 Å². The monoisotopic (exact) mass is 247 g/mol. The summed E-state index contributed by atoms with van der Waals surface area (Å²) in [6.07, 6.45) is 1.56. The van der Waals surface area contributed by atoms with Gasteiger partial charge in [0.25, 0.3) is 0 Å². The highest BCUT2D eigenvalue weighted by atomic mass is 35.5. The summed E-state index contributed by atoms with van der Waals surface area (Å²) in [5, 5.41) is 0.634. The first-order valence-electron chi connectivity index (χ1n) is 5.01. The predicted octanol–water partition coefficient (Wildman–Crippen LogP) is 3.19. The van der Waals surface area contributed by atoms with Gasteiger partial charge in [-0.1, -0.05) is 29.8 Å². The summed E-state index contributed by atoms with van der Waals surface area (Å²) in [5.41, 5.74) is 1.97. The molecule has 0 unspecified atom stereocenters. The largest absolute Gasteiger partial charge is 0.464 e. The zero-order chi connectivity index (χ0) is 12.3. The van der Waals surface area contributed by atoms with Crippen LogP contribution < -0.4 is 0 Å². The molecule has 0 bridgehead atoms. The molecule has 2 aromatic rings. The Balaban J connectivity index is 2.47. The highest BCUT2D eigenvalue weighted by molar-refractivity contribution is 6.33. The molecule has 1 heterocycles. The Hall–Kier alpha value is -1.87. The average Bonchev–Trinajstić information content (AvgIpc) is 2.38. The van der Waals surface area contributed by atoms with Crippen molar-refractivity contribution in [2.75, 3.05) is 7.11 Å². The van der Waals surface area contributed by atoms with Gasteiger partial charge in [0.05, 0.1) is 7.11 Å². The maximum Gasteiger partial charge on any atom is 0.356 e. The summed E-state index contributed by atoms with van der Waals surface area (Å²) < 4.78 is 4.62. The smallest absolute Gasteiger partial charge is 0.356 e. The standard InChI is InChI=1S/C13H10ClNO2/c1-17-13(16)12-8-9(6-7-15-12)10-4-2-3-5-11(10)14/h2-8H,1H3. The topological polar surface area (TPSA) is 39.2 Å². The van der Waals surface area contributed by atoms with Crippen LogP contribution in [0.15, 0.2) is 42.6 Å². The molecule has 17 heavy (non-hydrogen) atoms. The molecule has 0 saturated heterocycles. The van der Waals surface area contributed by atoms with Crippen LogP contribution in [0, 0.1) is 0 Å². The van der Waals surface area contributed by atoms with Crippen LogP contribution in [0.2, 0.25) is 5.02 Å². The fourth-order valence-corrected chi connectivity index (χ4v) is 1.75. The minimum Gasteiger partial charge on any atom is -0.464 e. The second-order valence-electron chi connectivity index (χ2n) is 3.40. The molecule has 0 N–H and O–H groups in total. The third kappa shape index (κ3) is 2.45. The summed E-state index contributed by atoms with van der Waals surface area (Å²) in [7, 11) is 1.33. The van der Waals surface area contributed by atoms with Crippen LogP contribution >= 0.6 is 11.6 Å². The first kappa shape index (κ1) is 11.6. The molecule has 0 amide bonds. The number of nitrogens with zero attached hydrogens (tertiary/aromatic N) is 1. The van der Waals surface area contributed by atoms with Crippen molar-refractivity contribution in [3.05, 3.63) is 53.3 Å². The zero-order valence-corrected chi connectivity index (χ0v) is 9.94. The van der Waals surface area contributed by atoms with Crippen molar-refractivity contribution in [3.8, 4) is 11.1 Å². The maximum atomic E-state index is 11.4. The van der Waals surface area contributed by atoms with E-state index in [0.29, 0.717) is 5.02 Å². The summed E-state index contributed by atoms with van der Waals surface area (Å²) in [6.45, 7) is 0. The Kier molecular flexibility index (Phi) is 3.40. The van der Waals surface area contributed by atoms with Crippen molar-refractivity contribution in [3.63, 3.8) is 0 Å². The first-order valence-corrected chi connectivity index (χ1v) is 5.39. The van der Waals surface area contributed by atoms with Crippen molar-refractivity contribution < 1.29 is 9.53 Å². The van der Waals surface area contributed by atoms with E-state index in [2.05, 4.69) is 9.72 Å². The Morgan fingerprint density at radius 3 is 2.76 bits per heavy atom. The predicted molar refractivity (Wildman–Crippen MR) is 66.0 cm³/mol. The van der Waals surface area contributed by atoms with Crippen LogP contribution in [-0.4, -0.2) is 18.1 Å². The Morgan fingerprint density at radius 2 is 2.06 bits per heavy atom. The molecule has 1 aromatic heterocycles. The number of hydrogen-bond acceptors (Lipinski definition) is 3. The molecule has 0 aliphatic carbocycles. The number of hydrogen-bond donors (Lipinski definition) is 0. The molecule has 0 aliphatic heterocycles. The third-order valence-corrected chi connectivity index (χ3v) is 2.67. The molecular formula is C13H10ClNO2. The highest BCUT2D eigenvalue weighted by Gasteiger charge is 2.09. The van der Waals surface area contributed by atoms with E-state index >= 15 is 0 Å². The fourth-order valence-electron chi connectivity index (χ4n) is 1.51. The second kappa shape index (κ2) is 4.97. The van der Waals surface area contributed by atoms with Crippen molar-refractivity contribution in [1.82, 2.24) is 4.98 Å². The molecule has 86 valence electrons. The van der Waals surface area contributed by atoms with Gasteiger partial charge < -0.3 is 4.74 Å². The van der Waals surface area contributed by atoms with E-state index in [1.54, 1.807) is 24.4 Å². The molecule has 0 radical (unpaired) electrons. The number of carbonyl (C=O) groups excluding carboxylic acids is 1. The molecule has 0 fully saturated rings. The van der Waals surface area contributed by atoms with Crippen LogP contribution in [0.5, 0.6) is 0 Å². The lowest BCUT2D eigenvalue weighted by molar-refractivity contribution is 0.0594. The Bertz CT molecular complexity index is 555. The van der Waals surface area contributed by atoms with Gasteiger partial charge in [-0.15, -0.1) is 0 Å². The van der Waals surface area contributed by atoms with Gasteiger partial charge >= 0.3 is 5.97 Å². The molecule has 1 aromatic carbocycles. The van der Waals surface area contributed by atoms with Gasteiger partial charge in [-0.25, -0.2) is 9.78 Å². The van der Waals surface area contributed by atoms with E-state index in [9.17, 15) is 4.79 Å². The van der Waals surface area contributed by atoms with E-state index in [1.165, 1.54) is 7.11 Å². The second-order valence-corrected chi connectivity index (χ2v) is 3.81. The Morgan fingerprint density at radius 1 is 1.29 bits per heavy atom. The summed E-state index contributed by atoms with van der Waals surface area (Å²) in [5.74, 6) is -0.459. The van der Waals surface area contributed by atoms with Gasteiger partial charge in [-0.2, -0.15) is 0 Å². The summed E-state index contributed by atoms with van der Waals surface area (Å²) >= 11 is 6.09. The molecule has 4 heteroatoms. The summed E-state index contributed by atoms with van der Waals surface area (Å²) in [4.78, 5) is 15.3. The number of ether oxygens (including phenoxy) is 1. The molecule has 0 aliphatic rings. The zero-order valence-electron chi connectivity index (χ0n) is 9.18. The molecule has 0 atom stereocenters. The van der Waals surface area contributed by atoms with E-state index < -0.39 is 5.97 Å². The lowest BCUT2D eigenvalue weighted by Gasteiger charge is -2.05. The number of esters is 1. The number of benzene rings is 1. The van der Waals surface area contributed by atoms with E-state index in [1.807, 2.05) is 18.2 Å². The van der Waals surface area contributed by atoms with Crippen LogP contribution in [0.4, 0.5) is 0 Å². The minimum atomic E-state index is -0.459. The highest BCUT2D eigenvalue weighted by Crippen LogP contribution is 2.27. The normalized spacial score (nSPS) is 10.0. The maximum absolute atomic E-state index is 11.4. The van der Waals surface area contributed by atoms with Crippen molar-refractivity contribution in [2.45, 2.75) is 0 Å². The van der Waals surface area contributed by atoms with E-state index in [0.717, 1.165) is 11.1 Å². The fraction of sp³-hybridized carbons (Fsp3) is 0.0769. The number of aromatic nitrogens is 1. The first-order chi connectivity index (χ1) is 8.22. The molecule has 3 nitrogen and oxygen atoms in total. The van der Waals surface area contributed by atoms with Gasteiger partial charge in [0.1, 0.15) is 5.69 Å². The van der Waals surface area contributed by atoms with Crippen LogP contribution in [0.25, 0.3) is 11.1 Å². The SMILES string of the molecule is COC(=O)c1cc(-c2ccccc2Cl)ccn1. The van der Waals surface area contributed by atoms with Crippen molar-refractivity contribution in [2.24, 2.45) is 0 Å². The Labute approximate surface area is 104 Å². The molecule has 0 spiro atoms. The minimum absolute atomic E-state index is 0.268. The van der Waals surface area contributed by atoms with Gasteiger partial charge in [0.15, 0.2) is 0 Å². The number of carbonyl (C=O) groups is 1. The van der Waals surface area contributed by atoms with Gasteiger partial charge in [-0.05, 0) is 23.8 Å². The lowest BCUT2D eigenvalue weighted by Crippen LogP contribution is -2.03. The summed E-state index contributed by atoms with van der Waals surface area (Å²) in [6, 6.07) is 10.9. The molecule has 2 rings (SSSR count). The quantitative estimate of drug-likeness (QED) is 0.765. The van der Waals surface area contributed by atoms with Crippen molar-refractivity contribution >= 4 is 17.6 Å². The van der Waals surface area contributed by atoms with Crippen LogP contribution in [0.3, 0.4) is 0 Å². The number of halogens is 1. The number of pyridine rings is 1. The van der Waals surface area contributed by atoms with E-state index in [4.69, 9.17) is 11.6 Å². The van der Waals surface area contributed by atoms with Gasteiger partial charge in [0.2, 0.25) is 0 Å². The number of rotatable bonds is 2. The number of methoxy groups -OCH3 is 1.